The summed E-state index contributed by atoms with van der Waals surface area (Å²) >= 11 is 0. The maximum atomic E-state index is 5.58. The van der Waals surface area contributed by atoms with Gasteiger partial charge < -0.3 is 14.5 Å². The van der Waals surface area contributed by atoms with E-state index in [2.05, 4.69) is 42.6 Å². The van der Waals surface area contributed by atoms with Crippen LogP contribution in [0, 0.1) is 13.8 Å². The Kier molecular flexibility index (Phi) is 4.99. The van der Waals surface area contributed by atoms with Gasteiger partial charge in [0.2, 0.25) is 0 Å². The van der Waals surface area contributed by atoms with E-state index < -0.39 is 0 Å². The van der Waals surface area contributed by atoms with Gasteiger partial charge in [-0.25, -0.2) is 0 Å². The molecule has 0 fully saturated rings. The third kappa shape index (κ3) is 3.71. The lowest BCUT2D eigenvalue weighted by Gasteiger charge is -2.13. The Balaban J connectivity index is 1.98. The van der Waals surface area contributed by atoms with E-state index in [1.165, 1.54) is 16.7 Å². The summed E-state index contributed by atoms with van der Waals surface area (Å²) < 4.78 is 10.7. The number of nitrogens with one attached hydrogen (secondary N) is 1. The van der Waals surface area contributed by atoms with Gasteiger partial charge in [-0.3, -0.25) is 0 Å². The SMILES string of the molecule is COCc1cccc(CNC(C)c2cc(C)oc2C)c1. The predicted molar refractivity (Wildman–Crippen MR) is 80.6 cm³/mol. The fourth-order valence-electron chi connectivity index (χ4n) is 2.46. The zero-order valence-electron chi connectivity index (χ0n) is 12.7. The van der Waals surface area contributed by atoms with E-state index in [-0.39, 0.29) is 6.04 Å². The first-order chi connectivity index (χ1) is 9.60. The van der Waals surface area contributed by atoms with Gasteiger partial charge in [-0.2, -0.15) is 0 Å². The predicted octanol–water partition coefficient (Wildman–Crippen LogP) is 3.89. The number of rotatable bonds is 6. The molecule has 0 bridgehead atoms. The topological polar surface area (TPSA) is 34.4 Å². The van der Waals surface area contributed by atoms with Crippen molar-refractivity contribution in [3.05, 3.63) is 58.5 Å². The normalized spacial score (nSPS) is 12.6. The highest BCUT2D eigenvalue weighted by Gasteiger charge is 2.12. The summed E-state index contributed by atoms with van der Waals surface area (Å²) in [5, 5.41) is 3.54. The lowest BCUT2D eigenvalue weighted by atomic mass is 10.1. The van der Waals surface area contributed by atoms with Gasteiger partial charge >= 0.3 is 0 Å². The van der Waals surface area contributed by atoms with Gasteiger partial charge in [0, 0.05) is 25.3 Å². The second-order valence-corrected chi connectivity index (χ2v) is 5.22. The molecule has 108 valence electrons. The summed E-state index contributed by atoms with van der Waals surface area (Å²) in [5.41, 5.74) is 3.70. The van der Waals surface area contributed by atoms with Gasteiger partial charge in [0.05, 0.1) is 6.61 Å². The number of aryl methyl sites for hydroxylation is 2. The van der Waals surface area contributed by atoms with Gasteiger partial charge in [-0.1, -0.05) is 24.3 Å². The van der Waals surface area contributed by atoms with Crippen LogP contribution in [0.4, 0.5) is 0 Å². The molecule has 0 aliphatic carbocycles. The van der Waals surface area contributed by atoms with E-state index in [1.54, 1.807) is 7.11 Å². The molecule has 1 atom stereocenters. The molecule has 1 aromatic carbocycles. The minimum atomic E-state index is 0.276. The highest BCUT2D eigenvalue weighted by Crippen LogP contribution is 2.21. The van der Waals surface area contributed by atoms with Crippen molar-refractivity contribution < 1.29 is 9.15 Å². The van der Waals surface area contributed by atoms with Gasteiger partial charge in [0.1, 0.15) is 11.5 Å². The molecular formula is C17H23NO2. The number of ether oxygens (including phenoxy) is 1. The number of benzene rings is 1. The highest BCUT2D eigenvalue weighted by molar-refractivity contribution is 5.25. The van der Waals surface area contributed by atoms with Crippen LogP contribution in [-0.4, -0.2) is 7.11 Å². The summed E-state index contributed by atoms with van der Waals surface area (Å²) in [6.07, 6.45) is 0. The van der Waals surface area contributed by atoms with Crippen LogP contribution in [0.25, 0.3) is 0 Å². The first-order valence-electron chi connectivity index (χ1n) is 6.97. The highest BCUT2D eigenvalue weighted by atomic mass is 16.5. The molecule has 2 rings (SSSR count). The molecule has 1 N–H and O–H groups in total. The molecule has 1 heterocycles. The summed E-state index contributed by atoms with van der Waals surface area (Å²) in [6, 6.07) is 10.8. The Hall–Kier alpha value is -1.58. The second-order valence-electron chi connectivity index (χ2n) is 5.22. The van der Waals surface area contributed by atoms with Gasteiger partial charge in [-0.05, 0) is 38.0 Å². The Morgan fingerprint density at radius 3 is 2.60 bits per heavy atom. The van der Waals surface area contributed by atoms with Crippen molar-refractivity contribution in [3.8, 4) is 0 Å². The molecule has 0 saturated carbocycles. The molecule has 1 unspecified atom stereocenters. The van der Waals surface area contributed by atoms with Crippen molar-refractivity contribution in [2.45, 2.75) is 40.0 Å². The van der Waals surface area contributed by atoms with E-state index in [9.17, 15) is 0 Å². The molecule has 1 aromatic heterocycles. The van der Waals surface area contributed by atoms with Gasteiger partial charge in [-0.15, -0.1) is 0 Å². The summed E-state index contributed by atoms with van der Waals surface area (Å²) in [7, 11) is 1.72. The van der Waals surface area contributed by atoms with Crippen molar-refractivity contribution in [1.29, 1.82) is 0 Å². The second kappa shape index (κ2) is 6.73. The number of furan rings is 1. The molecule has 3 heteroatoms. The monoisotopic (exact) mass is 273 g/mol. The summed E-state index contributed by atoms with van der Waals surface area (Å²) in [4.78, 5) is 0. The average molecular weight is 273 g/mol. The molecule has 0 radical (unpaired) electrons. The number of hydrogen-bond donors (Lipinski definition) is 1. The zero-order valence-corrected chi connectivity index (χ0v) is 12.7. The lowest BCUT2D eigenvalue weighted by Crippen LogP contribution is -2.18. The molecule has 0 spiro atoms. The standard InChI is InChI=1S/C17H23NO2/c1-12-8-17(14(3)20-12)13(2)18-10-15-6-5-7-16(9-15)11-19-4/h5-9,13,18H,10-11H2,1-4H3. The molecule has 0 amide bonds. The molecular weight excluding hydrogens is 250 g/mol. The molecule has 0 aliphatic rings. The van der Waals surface area contributed by atoms with Gasteiger partial charge in [0.15, 0.2) is 0 Å². The van der Waals surface area contributed by atoms with Crippen molar-refractivity contribution in [1.82, 2.24) is 5.32 Å². The first-order valence-corrected chi connectivity index (χ1v) is 6.97. The molecule has 2 aromatic rings. The number of hydrogen-bond acceptors (Lipinski definition) is 3. The summed E-state index contributed by atoms with van der Waals surface area (Å²) in [5.74, 6) is 1.96. The Labute approximate surface area is 121 Å². The molecule has 0 saturated heterocycles. The van der Waals surface area contributed by atoms with E-state index in [1.807, 2.05) is 13.8 Å². The Bertz CT molecular complexity index is 560. The van der Waals surface area contributed by atoms with Crippen LogP contribution in [0.1, 0.15) is 41.2 Å². The maximum Gasteiger partial charge on any atom is 0.105 e. The molecule has 3 nitrogen and oxygen atoms in total. The van der Waals surface area contributed by atoms with Crippen LogP contribution in [0.15, 0.2) is 34.7 Å². The van der Waals surface area contributed by atoms with E-state index in [0.29, 0.717) is 6.61 Å². The van der Waals surface area contributed by atoms with Crippen LogP contribution in [0.3, 0.4) is 0 Å². The van der Waals surface area contributed by atoms with Crippen LogP contribution >= 0.6 is 0 Å². The van der Waals surface area contributed by atoms with Crippen molar-refractivity contribution >= 4 is 0 Å². The smallest absolute Gasteiger partial charge is 0.105 e. The fraction of sp³-hybridized carbons (Fsp3) is 0.412. The third-order valence-corrected chi connectivity index (χ3v) is 3.46. The fourth-order valence-corrected chi connectivity index (χ4v) is 2.46. The minimum absolute atomic E-state index is 0.276. The van der Waals surface area contributed by atoms with Crippen LogP contribution in [0.2, 0.25) is 0 Å². The Morgan fingerprint density at radius 2 is 1.95 bits per heavy atom. The van der Waals surface area contributed by atoms with Gasteiger partial charge in [0.25, 0.3) is 0 Å². The molecule has 0 aliphatic heterocycles. The van der Waals surface area contributed by atoms with E-state index in [4.69, 9.17) is 9.15 Å². The van der Waals surface area contributed by atoms with E-state index in [0.717, 1.165) is 18.1 Å². The summed E-state index contributed by atoms with van der Waals surface area (Å²) in [6.45, 7) is 7.65. The Morgan fingerprint density at radius 1 is 1.20 bits per heavy atom. The average Bonchev–Trinajstić information content (AvgIpc) is 2.76. The van der Waals surface area contributed by atoms with Crippen LogP contribution in [0.5, 0.6) is 0 Å². The maximum absolute atomic E-state index is 5.58. The quantitative estimate of drug-likeness (QED) is 0.867. The lowest BCUT2D eigenvalue weighted by molar-refractivity contribution is 0.185. The van der Waals surface area contributed by atoms with Crippen LogP contribution in [-0.2, 0) is 17.9 Å². The zero-order chi connectivity index (χ0) is 14.5. The van der Waals surface area contributed by atoms with Crippen molar-refractivity contribution in [2.75, 3.05) is 7.11 Å². The minimum Gasteiger partial charge on any atom is -0.466 e. The largest absolute Gasteiger partial charge is 0.466 e. The molecule has 20 heavy (non-hydrogen) atoms. The third-order valence-electron chi connectivity index (χ3n) is 3.46. The van der Waals surface area contributed by atoms with E-state index >= 15 is 0 Å². The van der Waals surface area contributed by atoms with Crippen LogP contribution < -0.4 is 5.32 Å². The first kappa shape index (κ1) is 14.8. The van der Waals surface area contributed by atoms with Crippen molar-refractivity contribution in [2.24, 2.45) is 0 Å². The number of methoxy groups -OCH3 is 1. The van der Waals surface area contributed by atoms with Crippen molar-refractivity contribution in [3.63, 3.8) is 0 Å².